The zero-order chi connectivity index (χ0) is 14.8. The van der Waals surface area contributed by atoms with Gasteiger partial charge in [0.15, 0.2) is 0 Å². The Hall–Kier alpha value is -1.64. The summed E-state index contributed by atoms with van der Waals surface area (Å²) in [6.45, 7) is 1.33. The van der Waals surface area contributed by atoms with E-state index in [0.29, 0.717) is 18.8 Å². The molecule has 0 amide bonds. The van der Waals surface area contributed by atoms with Gasteiger partial charge in [-0.25, -0.2) is 17.9 Å². The highest BCUT2D eigenvalue weighted by Crippen LogP contribution is 2.27. The molecule has 1 atom stereocenters. The fourth-order valence-electron chi connectivity index (χ4n) is 2.24. The lowest BCUT2D eigenvalue weighted by Crippen LogP contribution is -2.55. The molecule has 0 spiro atoms. The average molecular weight is 299 g/mol. The number of para-hydroxylation sites is 1. The standard InChI is InChI=1S/C12H17N3O4S/c1-13-20(18,19)11-5-3-2-4-9(11)15-7-6-14-8-10(15)12(16)17/h2-5,10,13-14H,6-8H2,1H3,(H,16,17). The predicted molar refractivity (Wildman–Crippen MR) is 74.3 cm³/mol. The van der Waals surface area contributed by atoms with E-state index in [4.69, 9.17) is 0 Å². The maximum absolute atomic E-state index is 12.0. The van der Waals surface area contributed by atoms with Crippen LogP contribution in [0.15, 0.2) is 29.2 Å². The maximum atomic E-state index is 12.0. The molecule has 2 rings (SSSR count). The Labute approximate surface area is 117 Å². The number of benzene rings is 1. The summed E-state index contributed by atoms with van der Waals surface area (Å²) in [4.78, 5) is 13.0. The molecule has 1 aromatic rings. The molecule has 1 heterocycles. The molecule has 7 nitrogen and oxygen atoms in total. The number of nitrogens with one attached hydrogen (secondary N) is 2. The van der Waals surface area contributed by atoms with E-state index in [1.807, 2.05) is 0 Å². The van der Waals surface area contributed by atoms with Crippen molar-refractivity contribution in [3.63, 3.8) is 0 Å². The molecule has 0 aliphatic carbocycles. The highest BCUT2D eigenvalue weighted by atomic mass is 32.2. The molecular weight excluding hydrogens is 282 g/mol. The molecule has 1 saturated heterocycles. The van der Waals surface area contributed by atoms with Gasteiger partial charge in [-0.05, 0) is 19.2 Å². The molecular formula is C12H17N3O4S. The average Bonchev–Trinajstić information content (AvgIpc) is 2.47. The van der Waals surface area contributed by atoms with Crippen molar-refractivity contribution in [3.05, 3.63) is 24.3 Å². The van der Waals surface area contributed by atoms with Gasteiger partial charge >= 0.3 is 5.97 Å². The summed E-state index contributed by atoms with van der Waals surface area (Å²) in [5.41, 5.74) is 0.413. The van der Waals surface area contributed by atoms with Crippen LogP contribution < -0.4 is 14.9 Å². The van der Waals surface area contributed by atoms with Gasteiger partial charge in [0.2, 0.25) is 10.0 Å². The second-order valence-electron chi connectivity index (χ2n) is 4.43. The zero-order valence-electron chi connectivity index (χ0n) is 11.0. The van der Waals surface area contributed by atoms with Crippen LogP contribution in [0, 0.1) is 0 Å². The normalized spacial score (nSPS) is 19.9. The van der Waals surface area contributed by atoms with E-state index in [1.165, 1.54) is 13.1 Å². The fourth-order valence-corrected chi connectivity index (χ4v) is 3.18. The lowest BCUT2D eigenvalue weighted by molar-refractivity contribution is -0.138. The van der Waals surface area contributed by atoms with E-state index in [0.717, 1.165) is 0 Å². The van der Waals surface area contributed by atoms with Gasteiger partial charge in [0.1, 0.15) is 10.9 Å². The molecule has 1 fully saturated rings. The molecule has 0 radical (unpaired) electrons. The number of nitrogens with zero attached hydrogens (tertiary/aromatic N) is 1. The van der Waals surface area contributed by atoms with Crippen LogP contribution in [0.25, 0.3) is 0 Å². The first-order valence-electron chi connectivity index (χ1n) is 6.20. The van der Waals surface area contributed by atoms with Crippen LogP contribution in [0.5, 0.6) is 0 Å². The predicted octanol–water partition coefficient (Wildman–Crippen LogP) is -0.542. The number of anilines is 1. The van der Waals surface area contributed by atoms with Crippen LogP contribution in [-0.4, -0.2) is 52.2 Å². The number of carboxylic acids is 1. The maximum Gasteiger partial charge on any atom is 0.327 e. The Kier molecular flexibility index (Phi) is 4.26. The van der Waals surface area contributed by atoms with Crippen molar-refractivity contribution in [3.8, 4) is 0 Å². The number of sulfonamides is 1. The number of hydrogen-bond donors (Lipinski definition) is 3. The van der Waals surface area contributed by atoms with E-state index < -0.39 is 22.0 Å². The Morgan fingerprint density at radius 2 is 2.15 bits per heavy atom. The minimum Gasteiger partial charge on any atom is -0.480 e. The van der Waals surface area contributed by atoms with Gasteiger partial charge in [-0.1, -0.05) is 12.1 Å². The lowest BCUT2D eigenvalue weighted by Gasteiger charge is -2.36. The van der Waals surface area contributed by atoms with Crippen molar-refractivity contribution in [1.82, 2.24) is 10.0 Å². The molecule has 1 unspecified atom stereocenters. The van der Waals surface area contributed by atoms with Crippen molar-refractivity contribution in [2.45, 2.75) is 10.9 Å². The third-order valence-electron chi connectivity index (χ3n) is 3.26. The minimum atomic E-state index is -3.63. The van der Waals surface area contributed by atoms with E-state index >= 15 is 0 Å². The van der Waals surface area contributed by atoms with Crippen LogP contribution >= 0.6 is 0 Å². The van der Waals surface area contributed by atoms with Crippen LogP contribution in [0.3, 0.4) is 0 Å². The van der Waals surface area contributed by atoms with Crippen molar-refractivity contribution in [2.75, 3.05) is 31.6 Å². The highest BCUT2D eigenvalue weighted by Gasteiger charge is 2.31. The van der Waals surface area contributed by atoms with Gasteiger partial charge in [-0.3, -0.25) is 0 Å². The minimum absolute atomic E-state index is 0.0932. The van der Waals surface area contributed by atoms with Crippen molar-refractivity contribution < 1.29 is 18.3 Å². The third kappa shape index (κ3) is 2.77. The molecule has 1 aromatic carbocycles. The monoisotopic (exact) mass is 299 g/mol. The third-order valence-corrected chi connectivity index (χ3v) is 4.72. The Bertz CT molecular complexity index is 602. The first kappa shape index (κ1) is 14.8. The number of carbonyl (C=O) groups is 1. The molecule has 110 valence electrons. The summed E-state index contributed by atoms with van der Waals surface area (Å²) in [6.07, 6.45) is 0. The van der Waals surface area contributed by atoms with Gasteiger partial charge in [-0.15, -0.1) is 0 Å². The SMILES string of the molecule is CNS(=O)(=O)c1ccccc1N1CCNCC1C(=O)O. The van der Waals surface area contributed by atoms with Gasteiger partial charge in [0.25, 0.3) is 0 Å². The summed E-state index contributed by atoms with van der Waals surface area (Å²) in [7, 11) is -2.30. The van der Waals surface area contributed by atoms with Gasteiger partial charge in [-0.2, -0.15) is 0 Å². The molecule has 8 heteroatoms. The molecule has 1 aliphatic heterocycles. The lowest BCUT2D eigenvalue weighted by atomic mass is 10.1. The highest BCUT2D eigenvalue weighted by molar-refractivity contribution is 7.89. The van der Waals surface area contributed by atoms with E-state index in [1.54, 1.807) is 23.1 Å². The van der Waals surface area contributed by atoms with Gasteiger partial charge in [0, 0.05) is 19.6 Å². The fraction of sp³-hybridized carbons (Fsp3) is 0.417. The summed E-state index contributed by atoms with van der Waals surface area (Å²) in [5.74, 6) is -0.978. The molecule has 0 aromatic heterocycles. The van der Waals surface area contributed by atoms with Crippen LogP contribution in [-0.2, 0) is 14.8 Å². The van der Waals surface area contributed by atoms with Crippen molar-refractivity contribution in [1.29, 1.82) is 0 Å². The van der Waals surface area contributed by atoms with Crippen LogP contribution in [0.4, 0.5) is 5.69 Å². The van der Waals surface area contributed by atoms with Crippen molar-refractivity contribution in [2.24, 2.45) is 0 Å². The van der Waals surface area contributed by atoms with Crippen LogP contribution in [0.2, 0.25) is 0 Å². The first-order valence-corrected chi connectivity index (χ1v) is 7.68. The number of piperazine rings is 1. The Balaban J connectivity index is 2.49. The van der Waals surface area contributed by atoms with E-state index in [-0.39, 0.29) is 11.4 Å². The van der Waals surface area contributed by atoms with Gasteiger partial charge < -0.3 is 15.3 Å². The summed E-state index contributed by atoms with van der Waals surface area (Å²) in [6, 6.07) is 5.64. The largest absolute Gasteiger partial charge is 0.480 e. The Morgan fingerprint density at radius 1 is 1.45 bits per heavy atom. The Morgan fingerprint density at radius 3 is 2.80 bits per heavy atom. The number of aliphatic carboxylic acids is 1. The quantitative estimate of drug-likeness (QED) is 0.690. The topological polar surface area (TPSA) is 98.7 Å². The number of hydrogen-bond acceptors (Lipinski definition) is 5. The summed E-state index contributed by atoms with van der Waals surface area (Å²) < 4.78 is 26.3. The smallest absolute Gasteiger partial charge is 0.327 e. The number of rotatable bonds is 4. The van der Waals surface area contributed by atoms with Crippen molar-refractivity contribution >= 4 is 21.7 Å². The first-order chi connectivity index (χ1) is 9.47. The summed E-state index contributed by atoms with van der Waals surface area (Å²) in [5, 5.41) is 12.3. The number of carboxylic acid groups (broad SMARTS) is 1. The van der Waals surface area contributed by atoms with Crippen LogP contribution in [0.1, 0.15) is 0 Å². The van der Waals surface area contributed by atoms with E-state index in [9.17, 15) is 18.3 Å². The molecule has 3 N–H and O–H groups in total. The summed E-state index contributed by atoms with van der Waals surface area (Å²) >= 11 is 0. The second-order valence-corrected chi connectivity index (χ2v) is 6.28. The molecule has 20 heavy (non-hydrogen) atoms. The molecule has 0 bridgehead atoms. The van der Waals surface area contributed by atoms with E-state index in [2.05, 4.69) is 10.0 Å². The second kappa shape index (κ2) is 5.78. The van der Waals surface area contributed by atoms with Gasteiger partial charge in [0.05, 0.1) is 5.69 Å². The zero-order valence-corrected chi connectivity index (χ0v) is 11.9. The molecule has 1 aliphatic rings. The molecule has 0 saturated carbocycles.